The second-order valence-electron chi connectivity index (χ2n) is 6.09. The number of nitrogens with one attached hydrogen (secondary N) is 1. The van der Waals surface area contributed by atoms with Gasteiger partial charge in [0.05, 0.1) is 0 Å². The third-order valence-corrected chi connectivity index (χ3v) is 4.25. The molecule has 1 aromatic carbocycles. The van der Waals surface area contributed by atoms with E-state index in [1.807, 2.05) is 0 Å². The van der Waals surface area contributed by atoms with Crippen molar-refractivity contribution in [2.75, 3.05) is 49.2 Å². The van der Waals surface area contributed by atoms with Gasteiger partial charge in [-0.2, -0.15) is 0 Å². The predicted octanol–water partition coefficient (Wildman–Crippen LogP) is 1.73. The fourth-order valence-electron chi connectivity index (χ4n) is 2.69. The zero-order valence-corrected chi connectivity index (χ0v) is 13.8. The molecule has 1 aromatic heterocycles. The number of nitrogens with zero attached hydrogens (tertiary/aromatic N) is 4. The molecule has 0 saturated carbocycles. The normalized spacial score (nSPS) is 15.7. The summed E-state index contributed by atoms with van der Waals surface area (Å²) in [6.07, 6.45) is 1.58. The van der Waals surface area contributed by atoms with Crippen molar-refractivity contribution >= 4 is 17.3 Å². The first-order valence-electron chi connectivity index (χ1n) is 7.97. The van der Waals surface area contributed by atoms with E-state index < -0.39 is 0 Å². The summed E-state index contributed by atoms with van der Waals surface area (Å²) in [5, 5.41) is 3.32. The van der Waals surface area contributed by atoms with Gasteiger partial charge in [-0.25, -0.2) is 9.97 Å². The van der Waals surface area contributed by atoms with Crippen LogP contribution in [-0.2, 0) is 6.54 Å². The largest absolute Gasteiger partial charge is 0.393 e. The number of nitrogens with two attached hydrogens (primary N) is 1. The molecule has 6 heteroatoms. The minimum atomic E-state index is 0.629. The third-order valence-electron chi connectivity index (χ3n) is 4.25. The standard InChI is InChI=1S/C17H24N6/c1-13-3-5-14(6-4-13)11-19-16-15(18)17(21-12-20-16)23-9-7-22(2)8-10-23/h3-6,12H,7-11,18H2,1-2H3,(H,19,20,21). The second-order valence-corrected chi connectivity index (χ2v) is 6.09. The molecule has 3 N–H and O–H groups in total. The lowest BCUT2D eigenvalue weighted by Gasteiger charge is -2.33. The summed E-state index contributed by atoms with van der Waals surface area (Å²) in [6, 6.07) is 8.44. The molecule has 2 heterocycles. The maximum absolute atomic E-state index is 6.29. The summed E-state index contributed by atoms with van der Waals surface area (Å²) < 4.78 is 0. The summed E-state index contributed by atoms with van der Waals surface area (Å²) in [4.78, 5) is 13.2. The summed E-state index contributed by atoms with van der Waals surface area (Å²) in [6.45, 7) is 6.71. The van der Waals surface area contributed by atoms with Gasteiger partial charge >= 0.3 is 0 Å². The molecule has 1 aliphatic rings. The maximum Gasteiger partial charge on any atom is 0.157 e. The van der Waals surface area contributed by atoms with Crippen LogP contribution in [0.15, 0.2) is 30.6 Å². The van der Waals surface area contributed by atoms with Gasteiger partial charge in [0.25, 0.3) is 0 Å². The molecule has 0 spiro atoms. The molecule has 0 amide bonds. The topological polar surface area (TPSA) is 70.3 Å². The lowest BCUT2D eigenvalue weighted by Crippen LogP contribution is -2.45. The van der Waals surface area contributed by atoms with Crippen molar-refractivity contribution in [3.05, 3.63) is 41.7 Å². The molecule has 0 bridgehead atoms. The van der Waals surface area contributed by atoms with Gasteiger partial charge in [-0.3, -0.25) is 0 Å². The SMILES string of the molecule is Cc1ccc(CNc2ncnc(N3CCN(C)CC3)c2N)cc1. The fraction of sp³-hybridized carbons (Fsp3) is 0.412. The van der Waals surface area contributed by atoms with Crippen molar-refractivity contribution in [1.29, 1.82) is 0 Å². The number of aryl methyl sites for hydroxylation is 1. The fourth-order valence-corrected chi connectivity index (χ4v) is 2.69. The zero-order chi connectivity index (χ0) is 16.2. The number of aromatic nitrogens is 2. The number of piperazine rings is 1. The molecule has 2 aromatic rings. The molecular weight excluding hydrogens is 288 g/mol. The number of rotatable bonds is 4. The summed E-state index contributed by atoms with van der Waals surface area (Å²) >= 11 is 0. The van der Waals surface area contributed by atoms with E-state index in [1.54, 1.807) is 6.33 Å². The van der Waals surface area contributed by atoms with Crippen LogP contribution in [0.1, 0.15) is 11.1 Å². The molecule has 0 radical (unpaired) electrons. The average Bonchev–Trinajstić information content (AvgIpc) is 2.56. The predicted molar refractivity (Wildman–Crippen MR) is 94.7 cm³/mol. The summed E-state index contributed by atoms with van der Waals surface area (Å²) in [7, 11) is 2.13. The monoisotopic (exact) mass is 312 g/mol. The first kappa shape index (κ1) is 15.6. The Labute approximate surface area is 137 Å². The number of anilines is 3. The Bertz CT molecular complexity index is 647. The van der Waals surface area contributed by atoms with E-state index >= 15 is 0 Å². The van der Waals surface area contributed by atoms with Crippen molar-refractivity contribution in [2.45, 2.75) is 13.5 Å². The van der Waals surface area contributed by atoms with E-state index in [0.29, 0.717) is 18.1 Å². The van der Waals surface area contributed by atoms with Crippen LogP contribution in [0.4, 0.5) is 17.3 Å². The molecular formula is C17H24N6. The Balaban J connectivity index is 1.70. The number of hydrogen-bond acceptors (Lipinski definition) is 6. The molecule has 0 atom stereocenters. The first-order chi connectivity index (χ1) is 11.1. The molecule has 1 saturated heterocycles. The van der Waals surface area contributed by atoms with Crippen LogP contribution < -0.4 is 16.0 Å². The third kappa shape index (κ3) is 3.71. The summed E-state index contributed by atoms with van der Waals surface area (Å²) in [5.74, 6) is 1.54. The average molecular weight is 312 g/mol. The van der Waals surface area contributed by atoms with Gasteiger partial charge in [0.1, 0.15) is 12.0 Å². The molecule has 122 valence electrons. The van der Waals surface area contributed by atoms with Crippen LogP contribution in [-0.4, -0.2) is 48.1 Å². The van der Waals surface area contributed by atoms with E-state index in [9.17, 15) is 0 Å². The maximum atomic E-state index is 6.29. The van der Waals surface area contributed by atoms with Crippen molar-refractivity contribution in [2.24, 2.45) is 0 Å². The van der Waals surface area contributed by atoms with E-state index in [0.717, 1.165) is 32.0 Å². The number of nitrogen functional groups attached to an aromatic ring is 1. The lowest BCUT2D eigenvalue weighted by molar-refractivity contribution is 0.312. The van der Waals surface area contributed by atoms with Crippen LogP contribution >= 0.6 is 0 Å². The van der Waals surface area contributed by atoms with Crippen molar-refractivity contribution in [1.82, 2.24) is 14.9 Å². The molecule has 1 aliphatic heterocycles. The minimum Gasteiger partial charge on any atom is -0.393 e. The van der Waals surface area contributed by atoms with Crippen LogP contribution in [0.25, 0.3) is 0 Å². The molecule has 23 heavy (non-hydrogen) atoms. The highest BCUT2D eigenvalue weighted by molar-refractivity contribution is 5.75. The van der Waals surface area contributed by atoms with Crippen molar-refractivity contribution < 1.29 is 0 Å². The Morgan fingerprint density at radius 3 is 2.48 bits per heavy atom. The highest BCUT2D eigenvalue weighted by atomic mass is 15.3. The van der Waals surface area contributed by atoms with Crippen LogP contribution in [0.5, 0.6) is 0 Å². The van der Waals surface area contributed by atoms with Gasteiger partial charge in [-0.05, 0) is 19.5 Å². The van der Waals surface area contributed by atoms with E-state index in [2.05, 4.69) is 63.3 Å². The lowest BCUT2D eigenvalue weighted by atomic mass is 10.1. The Kier molecular flexibility index (Phi) is 4.62. The Morgan fingerprint density at radius 1 is 1.09 bits per heavy atom. The number of likely N-dealkylation sites (N-methyl/N-ethyl adjacent to an activating group) is 1. The second kappa shape index (κ2) is 6.83. The molecule has 0 unspecified atom stereocenters. The quantitative estimate of drug-likeness (QED) is 0.896. The Morgan fingerprint density at radius 2 is 1.78 bits per heavy atom. The van der Waals surface area contributed by atoms with E-state index in [-0.39, 0.29) is 0 Å². The van der Waals surface area contributed by atoms with Gasteiger partial charge in [-0.1, -0.05) is 29.8 Å². The molecule has 6 nitrogen and oxygen atoms in total. The summed E-state index contributed by atoms with van der Waals surface area (Å²) in [5.41, 5.74) is 9.38. The molecule has 3 rings (SSSR count). The molecule has 0 aliphatic carbocycles. The van der Waals surface area contributed by atoms with Crippen LogP contribution in [0.3, 0.4) is 0 Å². The van der Waals surface area contributed by atoms with Crippen molar-refractivity contribution in [3.8, 4) is 0 Å². The molecule has 1 fully saturated rings. The van der Waals surface area contributed by atoms with Gasteiger partial charge in [-0.15, -0.1) is 0 Å². The van der Waals surface area contributed by atoms with Gasteiger partial charge < -0.3 is 20.9 Å². The van der Waals surface area contributed by atoms with E-state index in [1.165, 1.54) is 11.1 Å². The number of benzene rings is 1. The van der Waals surface area contributed by atoms with Crippen molar-refractivity contribution in [3.63, 3.8) is 0 Å². The zero-order valence-electron chi connectivity index (χ0n) is 13.8. The first-order valence-corrected chi connectivity index (χ1v) is 7.97. The smallest absolute Gasteiger partial charge is 0.157 e. The number of hydrogen-bond donors (Lipinski definition) is 2. The van der Waals surface area contributed by atoms with Gasteiger partial charge in [0.2, 0.25) is 0 Å². The van der Waals surface area contributed by atoms with E-state index in [4.69, 9.17) is 5.73 Å². The van der Waals surface area contributed by atoms with Crippen LogP contribution in [0.2, 0.25) is 0 Å². The van der Waals surface area contributed by atoms with Crippen LogP contribution in [0, 0.1) is 6.92 Å². The van der Waals surface area contributed by atoms with Gasteiger partial charge in [0, 0.05) is 32.7 Å². The minimum absolute atomic E-state index is 0.629. The highest BCUT2D eigenvalue weighted by Crippen LogP contribution is 2.27. The highest BCUT2D eigenvalue weighted by Gasteiger charge is 2.19. The Hall–Kier alpha value is -2.34. The van der Waals surface area contributed by atoms with Gasteiger partial charge in [0.15, 0.2) is 11.6 Å².